The van der Waals surface area contributed by atoms with Crippen LogP contribution in [0.15, 0.2) is 0 Å². The fourth-order valence-corrected chi connectivity index (χ4v) is 2.48. The summed E-state index contributed by atoms with van der Waals surface area (Å²) in [5.74, 6) is 0.774. The molecule has 2 fully saturated rings. The van der Waals surface area contributed by atoms with Gasteiger partial charge in [-0.1, -0.05) is 0 Å². The van der Waals surface area contributed by atoms with Crippen molar-refractivity contribution < 1.29 is 4.74 Å². The molecular weight excluding hydrogens is 176 g/mol. The summed E-state index contributed by atoms with van der Waals surface area (Å²) in [5, 5.41) is 0. The van der Waals surface area contributed by atoms with Crippen LogP contribution in [0.5, 0.6) is 0 Å². The number of piperidine rings is 1. The molecule has 0 spiro atoms. The van der Waals surface area contributed by atoms with Crippen molar-refractivity contribution in [3.05, 3.63) is 0 Å². The fourth-order valence-electron chi connectivity index (χ4n) is 2.48. The average Bonchev–Trinajstić information content (AvgIpc) is 2.72. The summed E-state index contributed by atoms with van der Waals surface area (Å²) in [4.78, 5) is 2.54. The molecule has 3 nitrogen and oxygen atoms in total. The van der Waals surface area contributed by atoms with Gasteiger partial charge in [0.2, 0.25) is 0 Å². The zero-order valence-electron chi connectivity index (χ0n) is 8.95. The zero-order valence-corrected chi connectivity index (χ0v) is 8.95. The Hall–Kier alpha value is -0.120. The Balaban J connectivity index is 1.67. The first kappa shape index (κ1) is 10.4. The number of nitrogens with two attached hydrogens (primary N) is 1. The van der Waals surface area contributed by atoms with Gasteiger partial charge in [-0.25, -0.2) is 0 Å². The number of likely N-dealkylation sites (tertiary alicyclic amines) is 1. The number of hydrogen-bond donors (Lipinski definition) is 1. The lowest BCUT2D eigenvalue weighted by Gasteiger charge is -2.32. The van der Waals surface area contributed by atoms with Crippen LogP contribution in [0.25, 0.3) is 0 Å². The van der Waals surface area contributed by atoms with Crippen molar-refractivity contribution in [3.8, 4) is 0 Å². The molecule has 3 heteroatoms. The molecule has 2 N–H and O–H groups in total. The minimum absolute atomic E-state index is 0.518. The molecular formula is C11H22N2O. The Morgan fingerprint density at radius 2 is 2.00 bits per heavy atom. The normalized spacial score (nSPS) is 31.1. The molecule has 0 bridgehead atoms. The zero-order chi connectivity index (χ0) is 9.80. The molecule has 0 aromatic carbocycles. The number of rotatable bonds is 3. The van der Waals surface area contributed by atoms with Gasteiger partial charge < -0.3 is 15.4 Å². The highest BCUT2D eigenvalue weighted by Crippen LogP contribution is 2.19. The highest BCUT2D eigenvalue weighted by atomic mass is 16.5. The molecule has 0 radical (unpaired) electrons. The molecule has 2 rings (SSSR count). The molecule has 14 heavy (non-hydrogen) atoms. The van der Waals surface area contributed by atoms with Crippen LogP contribution in [-0.4, -0.2) is 43.8 Å². The van der Waals surface area contributed by atoms with Gasteiger partial charge in [0.25, 0.3) is 0 Å². The summed E-state index contributed by atoms with van der Waals surface area (Å²) in [5.41, 5.74) is 5.67. The van der Waals surface area contributed by atoms with E-state index in [1.54, 1.807) is 0 Å². The van der Waals surface area contributed by atoms with Crippen molar-refractivity contribution in [2.24, 2.45) is 11.7 Å². The molecule has 2 saturated heterocycles. The smallest absolute Gasteiger partial charge is 0.0702 e. The maximum Gasteiger partial charge on any atom is 0.0702 e. The highest BCUT2D eigenvalue weighted by Gasteiger charge is 2.22. The van der Waals surface area contributed by atoms with Gasteiger partial charge in [-0.3, -0.25) is 0 Å². The van der Waals surface area contributed by atoms with E-state index in [0.717, 1.165) is 25.6 Å². The third-order valence-corrected chi connectivity index (χ3v) is 3.53. The second kappa shape index (κ2) is 5.10. The van der Waals surface area contributed by atoms with E-state index in [2.05, 4.69) is 4.90 Å². The number of nitrogens with zero attached hydrogens (tertiary/aromatic N) is 1. The first-order valence-corrected chi connectivity index (χ1v) is 5.92. The molecule has 2 aliphatic rings. The monoisotopic (exact) mass is 198 g/mol. The first-order chi connectivity index (χ1) is 6.88. The van der Waals surface area contributed by atoms with Crippen molar-refractivity contribution in [1.29, 1.82) is 0 Å². The van der Waals surface area contributed by atoms with E-state index in [1.807, 2.05) is 0 Å². The molecule has 2 aliphatic heterocycles. The largest absolute Gasteiger partial charge is 0.377 e. The van der Waals surface area contributed by atoms with Crippen LogP contribution in [0.2, 0.25) is 0 Å². The number of hydrogen-bond acceptors (Lipinski definition) is 3. The van der Waals surface area contributed by atoms with E-state index >= 15 is 0 Å². The van der Waals surface area contributed by atoms with Gasteiger partial charge in [-0.05, 0) is 51.2 Å². The van der Waals surface area contributed by atoms with Crippen LogP contribution in [-0.2, 0) is 4.74 Å². The van der Waals surface area contributed by atoms with E-state index in [0.29, 0.717) is 6.10 Å². The molecule has 0 aromatic rings. The first-order valence-electron chi connectivity index (χ1n) is 5.92. The van der Waals surface area contributed by atoms with Gasteiger partial charge in [0, 0.05) is 13.2 Å². The van der Waals surface area contributed by atoms with Crippen LogP contribution in [0.4, 0.5) is 0 Å². The lowest BCUT2D eigenvalue weighted by molar-refractivity contribution is 0.0605. The van der Waals surface area contributed by atoms with Crippen molar-refractivity contribution in [3.63, 3.8) is 0 Å². The lowest BCUT2D eigenvalue weighted by atomic mass is 9.97. The Labute approximate surface area is 86.6 Å². The maximum absolute atomic E-state index is 5.67. The van der Waals surface area contributed by atoms with E-state index in [1.165, 1.54) is 38.8 Å². The van der Waals surface area contributed by atoms with Gasteiger partial charge in [-0.15, -0.1) is 0 Å². The molecule has 0 amide bonds. The summed E-state index contributed by atoms with van der Waals surface area (Å²) >= 11 is 0. The third-order valence-electron chi connectivity index (χ3n) is 3.53. The number of ether oxygens (including phenoxy) is 1. The van der Waals surface area contributed by atoms with E-state index in [9.17, 15) is 0 Å². The maximum atomic E-state index is 5.67. The minimum Gasteiger partial charge on any atom is -0.377 e. The van der Waals surface area contributed by atoms with Gasteiger partial charge in [0.05, 0.1) is 6.10 Å². The standard InChI is InChI=1S/C11H22N2O/c12-8-10-3-5-13(6-4-10)9-11-2-1-7-14-11/h10-11H,1-9,12H2. The molecule has 82 valence electrons. The van der Waals surface area contributed by atoms with Crippen molar-refractivity contribution >= 4 is 0 Å². The highest BCUT2D eigenvalue weighted by molar-refractivity contribution is 4.76. The van der Waals surface area contributed by atoms with Crippen molar-refractivity contribution in [2.75, 3.05) is 32.8 Å². The SMILES string of the molecule is NCC1CCN(CC2CCCO2)CC1. The Kier molecular flexibility index (Phi) is 3.79. The van der Waals surface area contributed by atoms with Crippen LogP contribution in [0.3, 0.4) is 0 Å². The van der Waals surface area contributed by atoms with E-state index < -0.39 is 0 Å². The predicted octanol–water partition coefficient (Wildman–Crippen LogP) is 0.836. The summed E-state index contributed by atoms with van der Waals surface area (Å²) in [6.07, 6.45) is 5.59. The molecule has 1 atom stereocenters. The van der Waals surface area contributed by atoms with Crippen LogP contribution < -0.4 is 5.73 Å². The summed E-state index contributed by atoms with van der Waals surface area (Å²) in [6, 6.07) is 0. The topological polar surface area (TPSA) is 38.5 Å². The van der Waals surface area contributed by atoms with Gasteiger partial charge in [-0.2, -0.15) is 0 Å². The molecule has 0 aromatic heterocycles. The van der Waals surface area contributed by atoms with E-state index in [-0.39, 0.29) is 0 Å². The van der Waals surface area contributed by atoms with E-state index in [4.69, 9.17) is 10.5 Å². The second-order valence-electron chi connectivity index (χ2n) is 4.61. The van der Waals surface area contributed by atoms with Gasteiger partial charge >= 0.3 is 0 Å². The lowest BCUT2D eigenvalue weighted by Crippen LogP contribution is -2.40. The summed E-state index contributed by atoms with van der Waals surface area (Å²) < 4.78 is 5.64. The Morgan fingerprint density at radius 1 is 1.21 bits per heavy atom. The van der Waals surface area contributed by atoms with Crippen LogP contribution >= 0.6 is 0 Å². The van der Waals surface area contributed by atoms with Crippen molar-refractivity contribution in [1.82, 2.24) is 4.90 Å². The Morgan fingerprint density at radius 3 is 2.57 bits per heavy atom. The summed E-state index contributed by atoms with van der Waals surface area (Å²) in [7, 11) is 0. The average molecular weight is 198 g/mol. The molecule has 1 unspecified atom stereocenters. The van der Waals surface area contributed by atoms with Gasteiger partial charge in [0.15, 0.2) is 0 Å². The predicted molar refractivity (Wildman–Crippen MR) is 57.2 cm³/mol. The summed E-state index contributed by atoms with van der Waals surface area (Å²) in [6.45, 7) is 5.44. The minimum atomic E-state index is 0.518. The quantitative estimate of drug-likeness (QED) is 0.730. The van der Waals surface area contributed by atoms with Crippen LogP contribution in [0, 0.1) is 5.92 Å². The molecule has 2 heterocycles. The Bertz CT molecular complexity index is 161. The van der Waals surface area contributed by atoms with Gasteiger partial charge in [0.1, 0.15) is 0 Å². The third kappa shape index (κ3) is 2.69. The van der Waals surface area contributed by atoms with Crippen LogP contribution in [0.1, 0.15) is 25.7 Å². The molecule has 0 saturated carbocycles. The fraction of sp³-hybridized carbons (Fsp3) is 1.00. The van der Waals surface area contributed by atoms with Crippen molar-refractivity contribution in [2.45, 2.75) is 31.8 Å². The second-order valence-corrected chi connectivity index (χ2v) is 4.61. The molecule has 0 aliphatic carbocycles.